The molecule has 0 saturated heterocycles. The highest BCUT2D eigenvalue weighted by molar-refractivity contribution is 7.17. The lowest BCUT2D eigenvalue weighted by molar-refractivity contribution is 0.174. The fourth-order valence-corrected chi connectivity index (χ4v) is 5.39. The van der Waals surface area contributed by atoms with Crippen LogP contribution >= 0.6 is 11.3 Å². The first-order valence-electron chi connectivity index (χ1n) is 12.7. The summed E-state index contributed by atoms with van der Waals surface area (Å²) in [5, 5.41) is 23.1. The standard InChI is InChI=1S/C30H21N7O3S/c1-17-11-19(14-31)12-18(2)27(17)40-29-28-23(9-10-41-28)33-30(34-29)32-21-5-3-20(4-6-21)24-15-37(36-35-24)22-7-8-25-26(13-22)39-16-38-25/h3-13,15H,16H2,1-2H3,(H,32,33,34). The van der Waals surface area contributed by atoms with Gasteiger partial charge >= 0.3 is 0 Å². The third kappa shape index (κ3) is 4.66. The Hall–Kier alpha value is -5.47. The summed E-state index contributed by atoms with van der Waals surface area (Å²) in [5.74, 6) is 2.96. The van der Waals surface area contributed by atoms with Crippen molar-refractivity contribution in [2.24, 2.45) is 0 Å². The zero-order chi connectivity index (χ0) is 27.9. The van der Waals surface area contributed by atoms with E-state index in [0.29, 0.717) is 28.9 Å². The molecule has 0 radical (unpaired) electrons. The van der Waals surface area contributed by atoms with E-state index in [1.54, 1.807) is 4.68 Å². The van der Waals surface area contributed by atoms with E-state index in [2.05, 4.69) is 31.7 Å². The van der Waals surface area contributed by atoms with Gasteiger partial charge in [0.15, 0.2) is 11.5 Å². The normalized spacial score (nSPS) is 11.9. The second kappa shape index (κ2) is 9.93. The topological polar surface area (TPSA) is 120 Å². The largest absolute Gasteiger partial charge is 0.454 e. The maximum absolute atomic E-state index is 9.28. The minimum Gasteiger partial charge on any atom is -0.454 e. The zero-order valence-electron chi connectivity index (χ0n) is 22.0. The Balaban J connectivity index is 1.12. The number of anilines is 2. The molecule has 1 aliphatic rings. The number of rotatable bonds is 6. The molecule has 7 rings (SSSR count). The van der Waals surface area contributed by atoms with E-state index in [0.717, 1.165) is 49.7 Å². The first kappa shape index (κ1) is 24.6. The molecule has 0 atom stereocenters. The van der Waals surface area contributed by atoms with Crippen LogP contribution in [0, 0.1) is 25.2 Å². The highest BCUT2D eigenvalue weighted by atomic mass is 32.1. The lowest BCUT2D eigenvalue weighted by Crippen LogP contribution is -2.00. The SMILES string of the molecule is Cc1cc(C#N)cc(C)c1Oc1nc(Nc2ccc(-c3cn(-c4ccc5c(c4)OCO5)nn3)cc2)nc2ccsc12. The number of nitrogens with zero attached hydrogens (tertiary/aromatic N) is 6. The van der Waals surface area contributed by atoms with E-state index in [1.165, 1.54) is 11.3 Å². The number of benzene rings is 3. The number of fused-ring (bicyclic) bond motifs is 2. The van der Waals surface area contributed by atoms with Crippen LogP contribution in [0.2, 0.25) is 0 Å². The van der Waals surface area contributed by atoms with Crippen molar-refractivity contribution < 1.29 is 14.2 Å². The molecule has 3 aromatic heterocycles. The summed E-state index contributed by atoms with van der Waals surface area (Å²) in [6.45, 7) is 4.06. The highest BCUT2D eigenvalue weighted by Crippen LogP contribution is 2.36. The third-order valence-electron chi connectivity index (χ3n) is 6.61. The van der Waals surface area contributed by atoms with Crippen molar-refractivity contribution in [1.29, 1.82) is 5.26 Å². The third-order valence-corrected chi connectivity index (χ3v) is 7.50. The lowest BCUT2D eigenvalue weighted by atomic mass is 10.1. The number of thiophene rings is 1. The number of hydrogen-bond acceptors (Lipinski definition) is 10. The Morgan fingerprint density at radius 1 is 0.976 bits per heavy atom. The quantitative estimate of drug-likeness (QED) is 0.238. The van der Waals surface area contributed by atoms with Crippen LogP contribution in [-0.2, 0) is 0 Å². The summed E-state index contributed by atoms with van der Waals surface area (Å²) in [4.78, 5) is 9.35. The number of ether oxygens (including phenoxy) is 3. The number of hydrogen-bond donors (Lipinski definition) is 1. The Bertz CT molecular complexity index is 1950. The molecular formula is C30H21N7O3S. The van der Waals surface area contributed by atoms with Crippen LogP contribution in [0.5, 0.6) is 23.1 Å². The maximum atomic E-state index is 9.28. The fraction of sp³-hybridized carbons (Fsp3) is 0.100. The summed E-state index contributed by atoms with van der Waals surface area (Å²) < 4.78 is 19.7. The summed E-state index contributed by atoms with van der Waals surface area (Å²) in [6, 6.07) is 21.2. The van der Waals surface area contributed by atoms with Gasteiger partial charge < -0.3 is 19.5 Å². The molecule has 0 aliphatic carbocycles. The van der Waals surface area contributed by atoms with Crippen LogP contribution in [-0.4, -0.2) is 31.8 Å². The summed E-state index contributed by atoms with van der Waals surface area (Å²) in [5.41, 5.74) is 6.39. The van der Waals surface area contributed by atoms with Crippen molar-refractivity contribution in [2.75, 3.05) is 12.1 Å². The Kier molecular flexibility index (Phi) is 5.95. The van der Waals surface area contributed by atoms with E-state index in [4.69, 9.17) is 14.2 Å². The molecule has 200 valence electrons. The van der Waals surface area contributed by atoms with Crippen molar-refractivity contribution in [2.45, 2.75) is 13.8 Å². The minimum atomic E-state index is 0.221. The van der Waals surface area contributed by atoms with Crippen molar-refractivity contribution in [3.8, 4) is 46.1 Å². The zero-order valence-corrected chi connectivity index (χ0v) is 22.8. The molecule has 10 nitrogen and oxygen atoms in total. The molecular weight excluding hydrogens is 538 g/mol. The van der Waals surface area contributed by atoms with E-state index >= 15 is 0 Å². The number of nitriles is 1. The monoisotopic (exact) mass is 559 g/mol. The van der Waals surface area contributed by atoms with Crippen molar-refractivity contribution in [1.82, 2.24) is 25.0 Å². The van der Waals surface area contributed by atoms with Gasteiger partial charge in [-0.1, -0.05) is 17.3 Å². The summed E-state index contributed by atoms with van der Waals surface area (Å²) in [7, 11) is 0. The minimum absolute atomic E-state index is 0.221. The van der Waals surface area contributed by atoms with Gasteiger partial charge in [-0.05, 0) is 72.8 Å². The van der Waals surface area contributed by atoms with Gasteiger partial charge in [0, 0.05) is 17.3 Å². The van der Waals surface area contributed by atoms with Gasteiger partial charge in [0.2, 0.25) is 18.6 Å². The number of aryl methyl sites for hydroxylation is 2. The van der Waals surface area contributed by atoms with Crippen LogP contribution in [0.15, 0.2) is 72.2 Å². The van der Waals surface area contributed by atoms with Gasteiger partial charge in [0.1, 0.15) is 16.1 Å². The number of aromatic nitrogens is 5. The molecule has 41 heavy (non-hydrogen) atoms. The van der Waals surface area contributed by atoms with Gasteiger partial charge in [-0.2, -0.15) is 10.2 Å². The molecule has 0 spiro atoms. The predicted molar refractivity (Wildman–Crippen MR) is 154 cm³/mol. The van der Waals surface area contributed by atoms with Gasteiger partial charge in [-0.3, -0.25) is 0 Å². The first-order valence-corrected chi connectivity index (χ1v) is 13.6. The average molecular weight is 560 g/mol. The predicted octanol–water partition coefficient (Wildman–Crippen LogP) is 6.69. The molecule has 0 fully saturated rings. The van der Waals surface area contributed by atoms with Gasteiger partial charge in [0.25, 0.3) is 0 Å². The molecule has 0 unspecified atom stereocenters. The second-order valence-electron chi connectivity index (χ2n) is 9.43. The lowest BCUT2D eigenvalue weighted by Gasteiger charge is -2.13. The molecule has 0 amide bonds. The van der Waals surface area contributed by atoms with Crippen LogP contribution in [0.4, 0.5) is 11.6 Å². The smallest absolute Gasteiger partial charge is 0.242 e. The average Bonchev–Trinajstić information content (AvgIpc) is 3.75. The summed E-state index contributed by atoms with van der Waals surface area (Å²) >= 11 is 1.52. The fourth-order valence-electron chi connectivity index (χ4n) is 4.64. The summed E-state index contributed by atoms with van der Waals surface area (Å²) in [6.07, 6.45) is 1.87. The van der Waals surface area contributed by atoms with Crippen LogP contribution in [0.3, 0.4) is 0 Å². The van der Waals surface area contributed by atoms with E-state index in [1.807, 2.05) is 86.1 Å². The maximum Gasteiger partial charge on any atom is 0.242 e. The first-order chi connectivity index (χ1) is 20.0. The van der Waals surface area contributed by atoms with Crippen LogP contribution in [0.1, 0.15) is 16.7 Å². The van der Waals surface area contributed by atoms with Crippen molar-refractivity contribution in [3.05, 3.63) is 88.9 Å². The van der Waals surface area contributed by atoms with Crippen molar-refractivity contribution in [3.63, 3.8) is 0 Å². The second-order valence-corrected chi connectivity index (χ2v) is 10.3. The Labute approximate surface area is 238 Å². The van der Waals surface area contributed by atoms with E-state index < -0.39 is 0 Å². The van der Waals surface area contributed by atoms with Crippen LogP contribution < -0.4 is 19.5 Å². The molecule has 4 heterocycles. The molecule has 6 aromatic rings. The van der Waals surface area contributed by atoms with Crippen molar-refractivity contribution >= 4 is 33.2 Å². The molecule has 0 saturated carbocycles. The van der Waals surface area contributed by atoms with E-state index in [9.17, 15) is 5.26 Å². The molecule has 1 N–H and O–H groups in total. The number of nitrogens with one attached hydrogen (secondary N) is 1. The molecule has 0 bridgehead atoms. The molecule has 3 aromatic carbocycles. The van der Waals surface area contributed by atoms with E-state index in [-0.39, 0.29) is 6.79 Å². The Morgan fingerprint density at radius 3 is 2.59 bits per heavy atom. The van der Waals surface area contributed by atoms with Gasteiger partial charge in [-0.25, -0.2) is 9.67 Å². The van der Waals surface area contributed by atoms with Gasteiger partial charge in [-0.15, -0.1) is 16.4 Å². The Morgan fingerprint density at radius 2 is 1.78 bits per heavy atom. The molecule has 1 aliphatic heterocycles. The van der Waals surface area contributed by atoms with Crippen LogP contribution in [0.25, 0.3) is 27.2 Å². The molecule has 11 heteroatoms. The highest BCUT2D eigenvalue weighted by Gasteiger charge is 2.17. The van der Waals surface area contributed by atoms with Gasteiger partial charge in [0.05, 0.1) is 29.0 Å².